The number of fused-ring (bicyclic) bond motifs is 2. The van der Waals surface area contributed by atoms with Crippen molar-refractivity contribution in [2.24, 2.45) is 0 Å². The number of nitrogens with zero attached hydrogens (tertiary/aromatic N) is 4. The first-order valence-corrected chi connectivity index (χ1v) is 9.61. The zero-order valence-electron chi connectivity index (χ0n) is 15.1. The molecule has 3 heterocycles. The van der Waals surface area contributed by atoms with Crippen LogP contribution >= 0.6 is 11.3 Å². The van der Waals surface area contributed by atoms with E-state index in [1.54, 1.807) is 53.0 Å². The van der Waals surface area contributed by atoms with E-state index in [4.69, 9.17) is 0 Å². The van der Waals surface area contributed by atoms with Crippen LogP contribution in [0.3, 0.4) is 0 Å². The molecule has 0 saturated heterocycles. The molecule has 0 aliphatic carbocycles. The predicted molar refractivity (Wildman–Crippen MR) is 108 cm³/mol. The second-order valence-electron chi connectivity index (χ2n) is 6.50. The maximum Gasteiger partial charge on any atom is 0.266 e. The fraction of sp³-hybridized carbons (Fsp3) is 0.0500. The number of anilines is 2. The lowest BCUT2D eigenvalue weighted by molar-refractivity contribution is 0.0925. The molecule has 2 aromatic carbocycles. The van der Waals surface area contributed by atoms with Crippen LogP contribution < -0.4 is 10.2 Å². The molecule has 0 radical (unpaired) electrons. The Kier molecular flexibility index (Phi) is 3.78. The van der Waals surface area contributed by atoms with Crippen LogP contribution in [0.25, 0.3) is 4.96 Å². The van der Waals surface area contributed by atoms with Gasteiger partial charge in [0, 0.05) is 10.9 Å². The van der Waals surface area contributed by atoms with Crippen LogP contribution in [-0.4, -0.2) is 32.3 Å². The lowest BCUT2D eigenvalue weighted by Gasteiger charge is -2.14. The topological polar surface area (TPSA) is 96.7 Å². The molecule has 0 unspecified atom stereocenters. The molecule has 3 amide bonds. The highest BCUT2D eigenvalue weighted by atomic mass is 32.1. The van der Waals surface area contributed by atoms with E-state index in [-0.39, 0.29) is 23.7 Å². The van der Waals surface area contributed by atoms with Crippen LogP contribution in [0.2, 0.25) is 0 Å². The largest absolute Gasteiger partial charge is 0.289 e. The van der Waals surface area contributed by atoms with Crippen molar-refractivity contribution >= 4 is 45.7 Å². The van der Waals surface area contributed by atoms with Gasteiger partial charge in [-0.1, -0.05) is 12.1 Å². The molecule has 5 rings (SSSR count). The molecule has 142 valence electrons. The van der Waals surface area contributed by atoms with Gasteiger partial charge in [-0.3, -0.25) is 19.7 Å². The van der Waals surface area contributed by atoms with Crippen molar-refractivity contribution in [2.75, 3.05) is 10.2 Å². The molecule has 29 heavy (non-hydrogen) atoms. The maximum atomic E-state index is 12.6. The summed E-state index contributed by atoms with van der Waals surface area (Å²) in [7, 11) is 0. The molecule has 1 N–H and O–H groups in total. The summed E-state index contributed by atoms with van der Waals surface area (Å²) >= 11 is 1.44. The van der Waals surface area contributed by atoms with Crippen LogP contribution in [0.1, 0.15) is 36.8 Å². The third-order valence-corrected chi connectivity index (χ3v) is 5.59. The van der Waals surface area contributed by atoms with Gasteiger partial charge in [0.1, 0.15) is 0 Å². The predicted octanol–water partition coefficient (Wildman–Crippen LogP) is 3.15. The SMILES string of the molecule is Cc1csc2nc(NC(=O)c3ccc(N4C(=O)c5ccccc5C4=O)cc3)nn12. The molecule has 8 nitrogen and oxygen atoms in total. The number of imide groups is 1. The van der Waals surface area contributed by atoms with E-state index in [1.807, 2.05) is 12.3 Å². The van der Waals surface area contributed by atoms with E-state index in [0.29, 0.717) is 27.3 Å². The Morgan fingerprint density at radius 3 is 2.28 bits per heavy atom. The summed E-state index contributed by atoms with van der Waals surface area (Å²) < 4.78 is 1.66. The highest BCUT2D eigenvalue weighted by Gasteiger charge is 2.36. The number of carbonyl (C=O) groups is 3. The average Bonchev–Trinajstić information content (AvgIpc) is 3.36. The van der Waals surface area contributed by atoms with Crippen molar-refractivity contribution in [3.8, 4) is 0 Å². The number of aryl methyl sites for hydroxylation is 1. The quantitative estimate of drug-likeness (QED) is 0.530. The van der Waals surface area contributed by atoms with Crippen molar-refractivity contribution in [3.05, 3.63) is 76.3 Å². The number of nitrogens with one attached hydrogen (secondary N) is 1. The number of thiazole rings is 1. The molecule has 2 aromatic heterocycles. The molecular formula is C20H13N5O3S. The van der Waals surface area contributed by atoms with Crippen molar-refractivity contribution in [1.82, 2.24) is 14.6 Å². The van der Waals surface area contributed by atoms with Gasteiger partial charge in [-0.25, -0.2) is 9.42 Å². The van der Waals surface area contributed by atoms with E-state index in [1.165, 1.54) is 11.3 Å². The second-order valence-corrected chi connectivity index (χ2v) is 7.34. The third-order valence-electron chi connectivity index (χ3n) is 4.65. The number of aromatic nitrogens is 3. The number of benzene rings is 2. The minimum atomic E-state index is -0.380. The van der Waals surface area contributed by atoms with Gasteiger partial charge in [-0.15, -0.1) is 16.4 Å². The molecule has 0 spiro atoms. The molecule has 0 saturated carbocycles. The van der Waals surface area contributed by atoms with Gasteiger partial charge >= 0.3 is 0 Å². The summed E-state index contributed by atoms with van der Waals surface area (Å²) in [5.41, 5.74) is 2.45. The lowest BCUT2D eigenvalue weighted by Crippen LogP contribution is -2.29. The van der Waals surface area contributed by atoms with E-state index < -0.39 is 0 Å². The molecule has 1 aliphatic heterocycles. The Labute approximate surface area is 168 Å². The van der Waals surface area contributed by atoms with Gasteiger partial charge < -0.3 is 0 Å². The second kappa shape index (κ2) is 6.35. The summed E-state index contributed by atoms with van der Waals surface area (Å²) in [5.74, 6) is -0.912. The highest BCUT2D eigenvalue weighted by molar-refractivity contribution is 7.15. The van der Waals surface area contributed by atoms with Crippen molar-refractivity contribution in [2.45, 2.75) is 6.92 Å². The molecule has 0 atom stereocenters. The van der Waals surface area contributed by atoms with Crippen LogP contribution in [0.5, 0.6) is 0 Å². The Hall–Kier alpha value is -3.85. The smallest absolute Gasteiger partial charge is 0.266 e. The fourth-order valence-corrected chi connectivity index (χ4v) is 4.00. The van der Waals surface area contributed by atoms with Crippen LogP contribution in [0.4, 0.5) is 11.6 Å². The number of hydrogen-bond acceptors (Lipinski definition) is 6. The number of carbonyl (C=O) groups excluding carboxylic acids is 3. The van der Waals surface area contributed by atoms with E-state index in [2.05, 4.69) is 15.4 Å². The molecule has 9 heteroatoms. The van der Waals surface area contributed by atoms with Crippen LogP contribution in [-0.2, 0) is 0 Å². The summed E-state index contributed by atoms with van der Waals surface area (Å²) in [4.78, 5) is 43.7. The summed E-state index contributed by atoms with van der Waals surface area (Å²) in [6.07, 6.45) is 0. The molecule has 4 aromatic rings. The minimum Gasteiger partial charge on any atom is -0.289 e. The number of amides is 3. The van der Waals surface area contributed by atoms with E-state index >= 15 is 0 Å². The minimum absolute atomic E-state index is 0.217. The first-order valence-electron chi connectivity index (χ1n) is 8.73. The Bertz CT molecular complexity index is 1270. The normalized spacial score (nSPS) is 13.2. The van der Waals surface area contributed by atoms with Gasteiger partial charge in [0.05, 0.1) is 22.5 Å². The van der Waals surface area contributed by atoms with Crippen LogP contribution in [0, 0.1) is 6.92 Å². The Balaban J connectivity index is 1.37. The van der Waals surface area contributed by atoms with Gasteiger partial charge in [0.2, 0.25) is 4.96 Å². The molecular weight excluding hydrogens is 390 g/mol. The lowest BCUT2D eigenvalue weighted by atomic mass is 10.1. The van der Waals surface area contributed by atoms with E-state index in [0.717, 1.165) is 10.6 Å². The van der Waals surface area contributed by atoms with Gasteiger partial charge in [0.25, 0.3) is 23.7 Å². The molecule has 1 aliphatic rings. The standard InChI is InChI=1S/C20H13N5O3S/c1-11-10-29-20-22-19(23-25(11)20)21-16(26)12-6-8-13(9-7-12)24-17(27)14-4-2-3-5-15(14)18(24)28/h2-10H,1H3,(H,21,23,26). The van der Waals surface area contributed by atoms with Crippen molar-refractivity contribution in [1.29, 1.82) is 0 Å². The number of rotatable bonds is 3. The monoisotopic (exact) mass is 403 g/mol. The maximum absolute atomic E-state index is 12.6. The zero-order valence-corrected chi connectivity index (χ0v) is 15.9. The zero-order chi connectivity index (χ0) is 20.1. The van der Waals surface area contributed by atoms with Gasteiger partial charge in [-0.05, 0) is 43.3 Å². The highest BCUT2D eigenvalue weighted by Crippen LogP contribution is 2.28. The van der Waals surface area contributed by atoms with E-state index in [9.17, 15) is 14.4 Å². The first-order chi connectivity index (χ1) is 14.0. The first kappa shape index (κ1) is 17.3. The summed E-state index contributed by atoms with van der Waals surface area (Å²) in [5, 5.41) is 8.84. The van der Waals surface area contributed by atoms with Gasteiger partial charge in [-0.2, -0.15) is 4.98 Å². The average molecular weight is 403 g/mol. The Morgan fingerprint density at radius 2 is 1.66 bits per heavy atom. The molecule has 0 bridgehead atoms. The summed E-state index contributed by atoms with van der Waals surface area (Å²) in [6.45, 7) is 1.90. The third kappa shape index (κ3) is 2.71. The van der Waals surface area contributed by atoms with Crippen molar-refractivity contribution < 1.29 is 14.4 Å². The van der Waals surface area contributed by atoms with Gasteiger partial charge in [0.15, 0.2) is 0 Å². The fourth-order valence-electron chi connectivity index (χ4n) is 3.20. The van der Waals surface area contributed by atoms with Crippen molar-refractivity contribution in [3.63, 3.8) is 0 Å². The Morgan fingerprint density at radius 1 is 1.00 bits per heavy atom. The van der Waals surface area contributed by atoms with Crippen LogP contribution in [0.15, 0.2) is 53.9 Å². The number of hydrogen-bond donors (Lipinski definition) is 1. The molecule has 0 fully saturated rings. The summed E-state index contributed by atoms with van der Waals surface area (Å²) in [6, 6.07) is 12.9.